The van der Waals surface area contributed by atoms with Crippen LogP contribution >= 0.6 is 0 Å². The van der Waals surface area contributed by atoms with E-state index in [2.05, 4.69) is 12.6 Å². The summed E-state index contributed by atoms with van der Waals surface area (Å²) in [6.45, 7) is 5.88. The average Bonchev–Trinajstić information content (AvgIpc) is 2.73. The van der Waals surface area contributed by atoms with Gasteiger partial charge >= 0.3 is 0 Å². The van der Waals surface area contributed by atoms with Crippen molar-refractivity contribution in [2.24, 2.45) is 0 Å². The molecular weight excluding hydrogens is 353 g/mol. The highest BCUT2D eigenvalue weighted by atomic mass is 19.1. The Morgan fingerprint density at radius 2 is 1.86 bits per heavy atom. The van der Waals surface area contributed by atoms with E-state index in [0.717, 1.165) is 6.42 Å². The Morgan fingerprint density at radius 1 is 1.18 bits per heavy atom. The fourth-order valence-electron chi connectivity index (χ4n) is 2.69. The molecule has 2 aromatic rings. The number of halogens is 1. The summed E-state index contributed by atoms with van der Waals surface area (Å²) in [5.41, 5.74) is 1.50. The van der Waals surface area contributed by atoms with Crippen molar-refractivity contribution in [1.29, 1.82) is 10.5 Å². The third-order valence-corrected chi connectivity index (χ3v) is 3.99. The Balaban J connectivity index is 2.86. The average molecular weight is 373 g/mol. The van der Waals surface area contributed by atoms with E-state index in [1.807, 2.05) is 43.3 Å². The Kier molecular flexibility index (Phi) is 7.13. The van der Waals surface area contributed by atoms with Crippen LogP contribution in [0.1, 0.15) is 24.5 Å². The van der Waals surface area contributed by atoms with E-state index >= 15 is 0 Å². The van der Waals surface area contributed by atoms with E-state index < -0.39 is 5.82 Å². The molecule has 0 aliphatic heterocycles. The molecule has 0 saturated heterocycles. The van der Waals surface area contributed by atoms with Crippen LogP contribution in [0, 0.1) is 28.5 Å². The van der Waals surface area contributed by atoms with Gasteiger partial charge in [-0.1, -0.05) is 37.8 Å². The Morgan fingerprint density at radius 3 is 2.39 bits per heavy atom. The van der Waals surface area contributed by atoms with Crippen LogP contribution in [0.15, 0.2) is 78.7 Å². The first-order valence-corrected chi connectivity index (χ1v) is 8.67. The van der Waals surface area contributed by atoms with Crippen LogP contribution in [0.25, 0.3) is 0 Å². The summed E-state index contributed by atoms with van der Waals surface area (Å²) in [4.78, 5) is 1.69. The molecule has 0 bridgehead atoms. The zero-order chi connectivity index (χ0) is 20.5. The molecule has 0 spiro atoms. The van der Waals surface area contributed by atoms with E-state index in [4.69, 9.17) is 10.00 Å². The normalized spacial score (nSPS) is 11.3. The maximum atomic E-state index is 14.5. The number of rotatable bonds is 7. The SMILES string of the molecule is C=C/C(=C(\C=CCC)OC)N(c1ccccc1)c1cc(F)c(C#N)cc1C#N. The standard InChI is InChI=1S/C23H20FN3O/c1-4-6-12-23(28-3)21(5-2)27(19-10-8-7-9-11-19)22-14-20(24)17(15-25)13-18(22)16-26/h5-14H,2,4H2,1,3H3/b12-6?,23-21-. The molecule has 0 aliphatic carbocycles. The predicted octanol–water partition coefficient (Wildman–Crippen LogP) is 5.72. The van der Waals surface area contributed by atoms with Gasteiger partial charge in [0.15, 0.2) is 0 Å². The van der Waals surface area contributed by atoms with Crippen molar-refractivity contribution in [3.63, 3.8) is 0 Å². The smallest absolute Gasteiger partial charge is 0.143 e. The summed E-state index contributed by atoms with van der Waals surface area (Å²) in [7, 11) is 1.53. The first-order chi connectivity index (χ1) is 13.6. The fourth-order valence-corrected chi connectivity index (χ4v) is 2.69. The van der Waals surface area contributed by atoms with Crippen LogP contribution < -0.4 is 4.90 Å². The van der Waals surface area contributed by atoms with Gasteiger partial charge in [0.25, 0.3) is 0 Å². The van der Waals surface area contributed by atoms with Gasteiger partial charge in [-0.15, -0.1) is 0 Å². The van der Waals surface area contributed by atoms with Crippen LogP contribution in [0.3, 0.4) is 0 Å². The van der Waals surface area contributed by atoms with Crippen molar-refractivity contribution in [3.05, 3.63) is 95.7 Å². The lowest BCUT2D eigenvalue weighted by Gasteiger charge is -2.28. The van der Waals surface area contributed by atoms with E-state index in [1.54, 1.807) is 23.1 Å². The van der Waals surface area contributed by atoms with Crippen molar-refractivity contribution in [3.8, 4) is 12.1 Å². The summed E-state index contributed by atoms with van der Waals surface area (Å²) in [5.74, 6) is -0.196. The highest BCUT2D eigenvalue weighted by molar-refractivity contribution is 5.76. The van der Waals surface area contributed by atoms with E-state index in [1.165, 1.54) is 19.2 Å². The molecule has 28 heavy (non-hydrogen) atoms. The molecule has 0 aliphatic rings. The fraction of sp³-hybridized carbons (Fsp3) is 0.130. The number of hydrogen-bond donors (Lipinski definition) is 0. The number of para-hydroxylation sites is 1. The minimum atomic E-state index is -0.705. The van der Waals surface area contributed by atoms with Gasteiger partial charge in [0.2, 0.25) is 0 Å². The Hall–Kier alpha value is -3.83. The minimum Gasteiger partial charge on any atom is -0.495 e. The summed E-state index contributed by atoms with van der Waals surface area (Å²) < 4.78 is 20.0. The number of anilines is 2. The van der Waals surface area contributed by atoms with Crippen molar-refractivity contribution in [2.75, 3.05) is 12.0 Å². The van der Waals surface area contributed by atoms with Crippen LogP contribution in [0.5, 0.6) is 0 Å². The second-order valence-electron chi connectivity index (χ2n) is 5.71. The lowest BCUT2D eigenvalue weighted by atomic mass is 10.1. The highest BCUT2D eigenvalue weighted by Gasteiger charge is 2.21. The van der Waals surface area contributed by atoms with E-state index in [9.17, 15) is 9.65 Å². The summed E-state index contributed by atoms with van der Waals surface area (Å²) in [6.07, 6.45) is 6.12. The quantitative estimate of drug-likeness (QED) is 0.460. The van der Waals surface area contributed by atoms with E-state index in [-0.39, 0.29) is 11.1 Å². The first kappa shape index (κ1) is 20.5. The number of methoxy groups -OCH3 is 1. The van der Waals surface area contributed by atoms with Gasteiger partial charge in [-0.3, -0.25) is 0 Å². The van der Waals surface area contributed by atoms with Crippen LogP contribution in [-0.2, 0) is 4.74 Å². The summed E-state index contributed by atoms with van der Waals surface area (Å²) >= 11 is 0. The molecule has 0 amide bonds. The molecule has 0 aromatic heterocycles. The lowest BCUT2D eigenvalue weighted by molar-refractivity contribution is 0.303. The highest BCUT2D eigenvalue weighted by Crippen LogP contribution is 2.35. The second-order valence-corrected chi connectivity index (χ2v) is 5.71. The molecule has 2 rings (SSSR count). The van der Waals surface area contributed by atoms with E-state index in [0.29, 0.717) is 22.8 Å². The van der Waals surface area contributed by atoms with Gasteiger partial charge in [-0.05, 0) is 36.8 Å². The van der Waals surface area contributed by atoms with Crippen molar-refractivity contribution in [1.82, 2.24) is 0 Å². The lowest BCUT2D eigenvalue weighted by Crippen LogP contribution is -2.19. The van der Waals surface area contributed by atoms with Gasteiger partial charge in [-0.25, -0.2) is 4.39 Å². The van der Waals surface area contributed by atoms with Crippen molar-refractivity contribution < 1.29 is 9.13 Å². The number of nitriles is 2. The number of ether oxygens (including phenoxy) is 1. The van der Waals surface area contributed by atoms with Gasteiger partial charge in [0.1, 0.15) is 23.7 Å². The Bertz CT molecular complexity index is 995. The molecule has 0 unspecified atom stereocenters. The predicted molar refractivity (Wildman–Crippen MR) is 108 cm³/mol. The molecular formula is C23H20FN3O. The molecule has 0 saturated carbocycles. The van der Waals surface area contributed by atoms with Gasteiger partial charge in [-0.2, -0.15) is 10.5 Å². The van der Waals surface area contributed by atoms with Crippen LogP contribution in [-0.4, -0.2) is 7.11 Å². The molecule has 2 aromatic carbocycles. The summed E-state index contributed by atoms with van der Waals surface area (Å²) in [6, 6.07) is 15.4. The molecule has 5 heteroatoms. The minimum absolute atomic E-state index is 0.163. The second kappa shape index (κ2) is 9.75. The Labute approximate surface area is 164 Å². The van der Waals surface area contributed by atoms with Crippen molar-refractivity contribution in [2.45, 2.75) is 13.3 Å². The van der Waals surface area contributed by atoms with Gasteiger partial charge < -0.3 is 9.64 Å². The molecule has 0 atom stereocenters. The van der Waals surface area contributed by atoms with Gasteiger partial charge in [0.05, 0.1) is 29.6 Å². The number of hydrogen-bond acceptors (Lipinski definition) is 4. The largest absolute Gasteiger partial charge is 0.495 e. The van der Waals surface area contributed by atoms with Gasteiger partial charge in [0, 0.05) is 11.8 Å². The molecule has 0 N–H and O–H groups in total. The third kappa shape index (κ3) is 4.28. The summed E-state index contributed by atoms with van der Waals surface area (Å²) in [5, 5.41) is 18.7. The molecule has 140 valence electrons. The first-order valence-electron chi connectivity index (χ1n) is 8.67. The van der Waals surface area contributed by atoms with Crippen LogP contribution in [0.2, 0.25) is 0 Å². The number of nitrogens with zero attached hydrogens (tertiary/aromatic N) is 3. The molecule has 4 nitrogen and oxygen atoms in total. The van der Waals surface area contributed by atoms with Crippen LogP contribution in [0.4, 0.5) is 15.8 Å². The van der Waals surface area contributed by atoms with Crippen molar-refractivity contribution >= 4 is 11.4 Å². The maximum absolute atomic E-state index is 14.5. The zero-order valence-corrected chi connectivity index (χ0v) is 15.8. The topological polar surface area (TPSA) is 60.0 Å². The molecule has 0 fully saturated rings. The number of benzene rings is 2. The third-order valence-electron chi connectivity index (χ3n) is 3.99. The molecule has 0 heterocycles. The number of allylic oxidation sites excluding steroid dienone is 3. The zero-order valence-electron chi connectivity index (χ0n) is 15.8. The monoisotopic (exact) mass is 373 g/mol. The molecule has 0 radical (unpaired) electrons. The maximum Gasteiger partial charge on any atom is 0.143 e.